The molecule has 1 N–H and O–H groups in total. The highest BCUT2D eigenvalue weighted by Crippen LogP contribution is 2.22. The van der Waals surface area contributed by atoms with Crippen LogP contribution in [-0.4, -0.2) is 25.3 Å². The molecule has 96 valence electrons. The summed E-state index contributed by atoms with van der Waals surface area (Å²) in [5.74, 6) is 0.816. The van der Waals surface area contributed by atoms with E-state index in [1.807, 2.05) is 0 Å². The van der Waals surface area contributed by atoms with Gasteiger partial charge >= 0.3 is 0 Å². The van der Waals surface area contributed by atoms with E-state index in [0.29, 0.717) is 12.1 Å². The van der Waals surface area contributed by atoms with Crippen molar-refractivity contribution in [1.82, 2.24) is 5.32 Å². The number of ether oxygens (including phenoxy) is 1. The summed E-state index contributed by atoms with van der Waals surface area (Å²) in [6.45, 7) is 9.01. The van der Waals surface area contributed by atoms with Crippen LogP contribution < -0.4 is 5.32 Å². The predicted molar refractivity (Wildman–Crippen MR) is 69.7 cm³/mol. The Balaban J connectivity index is 2.18. The zero-order valence-corrected chi connectivity index (χ0v) is 11.3. The van der Waals surface area contributed by atoms with Gasteiger partial charge in [0.1, 0.15) is 0 Å². The molecule has 1 rings (SSSR count). The van der Waals surface area contributed by atoms with Crippen LogP contribution in [0.2, 0.25) is 0 Å². The van der Waals surface area contributed by atoms with Crippen molar-refractivity contribution in [3.63, 3.8) is 0 Å². The number of hydrogen-bond acceptors (Lipinski definition) is 2. The Morgan fingerprint density at radius 2 is 2.19 bits per heavy atom. The molecule has 0 radical (unpaired) electrons. The van der Waals surface area contributed by atoms with Crippen molar-refractivity contribution in [2.45, 2.75) is 71.4 Å². The summed E-state index contributed by atoms with van der Waals surface area (Å²) in [5, 5.41) is 3.62. The second kappa shape index (κ2) is 8.08. The lowest BCUT2D eigenvalue weighted by atomic mass is 9.91. The molecule has 1 aliphatic heterocycles. The minimum Gasteiger partial charge on any atom is -0.378 e. The van der Waals surface area contributed by atoms with E-state index in [0.717, 1.165) is 19.1 Å². The third-order valence-electron chi connectivity index (χ3n) is 3.83. The Kier molecular flexibility index (Phi) is 7.06. The molecule has 0 saturated carbocycles. The molecule has 0 aromatic rings. The molecule has 3 unspecified atom stereocenters. The highest BCUT2D eigenvalue weighted by Gasteiger charge is 2.20. The first kappa shape index (κ1) is 14.0. The van der Waals surface area contributed by atoms with Crippen molar-refractivity contribution in [3.05, 3.63) is 0 Å². The fourth-order valence-corrected chi connectivity index (χ4v) is 2.62. The normalized spacial score (nSPS) is 24.6. The third-order valence-corrected chi connectivity index (χ3v) is 3.83. The average Bonchev–Trinajstić information content (AvgIpc) is 2.80. The molecule has 2 heteroatoms. The summed E-state index contributed by atoms with van der Waals surface area (Å²) in [4.78, 5) is 0. The SMILES string of the molecule is CCCNC(C)C(CC)CCC1CCCO1. The molecule has 3 atom stereocenters. The minimum atomic E-state index is 0.562. The van der Waals surface area contributed by atoms with E-state index in [-0.39, 0.29) is 0 Å². The lowest BCUT2D eigenvalue weighted by Gasteiger charge is -2.24. The summed E-state index contributed by atoms with van der Waals surface area (Å²) in [6.07, 6.45) is 8.21. The van der Waals surface area contributed by atoms with Gasteiger partial charge in [0, 0.05) is 12.6 Å². The average molecular weight is 227 g/mol. The van der Waals surface area contributed by atoms with Crippen molar-refractivity contribution in [3.8, 4) is 0 Å². The van der Waals surface area contributed by atoms with Gasteiger partial charge < -0.3 is 10.1 Å². The largest absolute Gasteiger partial charge is 0.378 e. The maximum atomic E-state index is 5.69. The Morgan fingerprint density at radius 1 is 1.38 bits per heavy atom. The lowest BCUT2D eigenvalue weighted by molar-refractivity contribution is 0.0959. The quantitative estimate of drug-likeness (QED) is 0.686. The summed E-state index contributed by atoms with van der Waals surface area (Å²) < 4.78 is 5.69. The van der Waals surface area contributed by atoms with Crippen LogP contribution >= 0.6 is 0 Å². The summed E-state index contributed by atoms with van der Waals surface area (Å²) in [7, 11) is 0. The van der Waals surface area contributed by atoms with Crippen LogP contribution in [0, 0.1) is 5.92 Å². The van der Waals surface area contributed by atoms with E-state index in [1.165, 1.54) is 38.5 Å². The number of nitrogens with one attached hydrogen (secondary N) is 1. The molecule has 1 saturated heterocycles. The summed E-state index contributed by atoms with van der Waals surface area (Å²) >= 11 is 0. The fraction of sp³-hybridized carbons (Fsp3) is 1.00. The van der Waals surface area contributed by atoms with Crippen molar-refractivity contribution in [2.75, 3.05) is 13.2 Å². The van der Waals surface area contributed by atoms with Crippen LogP contribution in [0.4, 0.5) is 0 Å². The Morgan fingerprint density at radius 3 is 2.75 bits per heavy atom. The van der Waals surface area contributed by atoms with Crippen molar-refractivity contribution in [2.24, 2.45) is 5.92 Å². The van der Waals surface area contributed by atoms with Gasteiger partial charge in [-0.15, -0.1) is 0 Å². The maximum Gasteiger partial charge on any atom is 0.0576 e. The van der Waals surface area contributed by atoms with Gasteiger partial charge in [0.25, 0.3) is 0 Å². The predicted octanol–water partition coefficient (Wildman–Crippen LogP) is 3.36. The van der Waals surface area contributed by atoms with Gasteiger partial charge in [0.05, 0.1) is 6.10 Å². The second-order valence-electron chi connectivity index (χ2n) is 5.12. The Labute approximate surface area is 101 Å². The highest BCUT2D eigenvalue weighted by atomic mass is 16.5. The van der Waals surface area contributed by atoms with E-state index >= 15 is 0 Å². The Bertz CT molecular complexity index is 166. The van der Waals surface area contributed by atoms with Crippen molar-refractivity contribution < 1.29 is 4.74 Å². The van der Waals surface area contributed by atoms with Crippen LogP contribution in [0.15, 0.2) is 0 Å². The standard InChI is InChI=1S/C14H29NO/c1-4-10-15-12(3)13(5-2)8-9-14-7-6-11-16-14/h12-15H,4-11H2,1-3H3. The molecular weight excluding hydrogens is 198 g/mol. The van der Waals surface area contributed by atoms with Crippen LogP contribution in [0.5, 0.6) is 0 Å². The van der Waals surface area contributed by atoms with E-state index in [9.17, 15) is 0 Å². The molecule has 1 aliphatic rings. The first-order valence-electron chi connectivity index (χ1n) is 7.12. The van der Waals surface area contributed by atoms with Gasteiger partial charge in [0.2, 0.25) is 0 Å². The van der Waals surface area contributed by atoms with Gasteiger partial charge in [-0.3, -0.25) is 0 Å². The molecule has 0 spiro atoms. The van der Waals surface area contributed by atoms with Crippen molar-refractivity contribution >= 4 is 0 Å². The van der Waals surface area contributed by atoms with Crippen LogP contribution in [0.25, 0.3) is 0 Å². The summed E-state index contributed by atoms with van der Waals surface area (Å²) in [6, 6.07) is 0.659. The molecule has 0 aromatic carbocycles. The lowest BCUT2D eigenvalue weighted by Crippen LogP contribution is -2.34. The van der Waals surface area contributed by atoms with E-state index in [2.05, 4.69) is 26.1 Å². The second-order valence-corrected chi connectivity index (χ2v) is 5.12. The van der Waals surface area contributed by atoms with Gasteiger partial charge in [0.15, 0.2) is 0 Å². The number of hydrogen-bond donors (Lipinski definition) is 1. The highest BCUT2D eigenvalue weighted by molar-refractivity contribution is 4.74. The van der Waals surface area contributed by atoms with Crippen molar-refractivity contribution in [1.29, 1.82) is 0 Å². The molecule has 2 nitrogen and oxygen atoms in total. The molecule has 0 bridgehead atoms. The zero-order chi connectivity index (χ0) is 11.8. The van der Waals surface area contributed by atoms with E-state index in [4.69, 9.17) is 4.74 Å². The third kappa shape index (κ3) is 4.84. The van der Waals surface area contributed by atoms with Crippen LogP contribution in [-0.2, 0) is 4.74 Å². The van der Waals surface area contributed by atoms with Crippen LogP contribution in [0.1, 0.15) is 59.3 Å². The van der Waals surface area contributed by atoms with Gasteiger partial charge in [-0.25, -0.2) is 0 Å². The van der Waals surface area contributed by atoms with Gasteiger partial charge in [-0.1, -0.05) is 20.3 Å². The van der Waals surface area contributed by atoms with Gasteiger partial charge in [-0.2, -0.15) is 0 Å². The van der Waals surface area contributed by atoms with Crippen LogP contribution in [0.3, 0.4) is 0 Å². The maximum absolute atomic E-state index is 5.69. The molecule has 1 heterocycles. The monoisotopic (exact) mass is 227 g/mol. The fourth-order valence-electron chi connectivity index (χ4n) is 2.62. The molecule has 0 amide bonds. The zero-order valence-electron chi connectivity index (χ0n) is 11.3. The minimum absolute atomic E-state index is 0.562. The first-order valence-corrected chi connectivity index (χ1v) is 7.12. The van der Waals surface area contributed by atoms with E-state index in [1.54, 1.807) is 0 Å². The molecule has 1 fully saturated rings. The first-order chi connectivity index (χ1) is 7.77. The van der Waals surface area contributed by atoms with Gasteiger partial charge in [-0.05, 0) is 51.5 Å². The molecule has 0 aliphatic carbocycles. The summed E-state index contributed by atoms with van der Waals surface area (Å²) in [5.41, 5.74) is 0. The smallest absolute Gasteiger partial charge is 0.0576 e. The molecular formula is C14H29NO. The molecule has 16 heavy (non-hydrogen) atoms. The molecule has 0 aromatic heterocycles. The van der Waals surface area contributed by atoms with E-state index < -0.39 is 0 Å². The Hall–Kier alpha value is -0.0800. The number of rotatable bonds is 8. The topological polar surface area (TPSA) is 21.3 Å².